The van der Waals surface area contributed by atoms with Gasteiger partial charge in [-0.3, -0.25) is 19.2 Å². The van der Waals surface area contributed by atoms with Crippen molar-refractivity contribution in [2.45, 2.75) is 32.6 Å². The van der Waals surface area contributed by atoms with Gasteiger partial charge in [0.2, 0.25) is 5.91 Å². The third-order valence-corrected chi connectivity index (χ3v) is 4.81. The van der Waals surface area contributed by atoms with Crippen LogP contribution in [-0.4, -0.2) is 36.7 Å². The number of ether oxygens (including phenoxy) is 1. The Morgan fingerprint density at radius 3 is 2.53 bits per heavy atom. The van der Waals surface area contributed by atoms with Crippen LogP contribution < -0.4 is 10.2 Å². The van der Waals surface area contributed by atoms with Gasteiger partial charge in [0, 0.05) is 36.3 Å². The van der Waals surface area contributed by atoms with Crippen LogP contribution in [-0.2, 0) is 19.1 Å². The summed E-state index contributed by atoms with van der Waals surface area (Å²) in [5.74, 6) is -1.18. The summed E-state index contributed by atoms with van der Waals surface area (Å²) in [4.78, 5) is 49.6. The number of ketones is 1. The van der Waals surface area contributed by atoms with Crippen molar-refractivity contribution in [1.82, 2.24) is 0 Å². The van der Waals surface area contributed by atoms with Gasteiger partial charge in [-0.1, -0.05) is 35.9 Å². The van der Waals surface area contributed by atoms with Crippen molar-refractivity contribution >= 4 is 34.9 Å². The van der Waals surface area contributed by atoms with Crippen LogP contribution in [0.3, 0.4) is 0 Å². The molecule has 3 rings (SSSR count). The minimum absolute atomic E-state index is 0.0232. The summed E-state index contributed by atoms with van der Waals surface area (Å²) in [5, 5.41) is 2.65. The fourth-order valence-electron chi connectivity index (χ4n) is 3.19. The molecule has 30 heavy (non-hydrogen) atoms. The first-order valence-electron chi connectivity index (χ1n) is 9.88. The molecule has 0 atom stereocenters. The Morgan fingerprint density at radius 2 is 1.83 bits per heavy atom. The number of anilines is 2. The van der Waals surface area contributed by atoms with Crippen LogP contribution in [0, 0.1) is 6.92 Å². The Kier molecular flexibility index (Phi) is 6.95. The van der Waals surface area contributed by atoms with Crippen LogP contribution in [0.1, 0.15) is 41.6 Å². The number of hydrogen-bond donors (Lipinski definition) is 1. The molecule has 0 radical (unpaired) electrons. The molecular weight excluding hydrogens is 384 g/mol. The van der Waals surface area contributed by atoms with E-state index < -0.39 is 18.5 Å². The predicted molar refractivity (Wildman–Crippen MR) is 112 cm³/mol. The highest BCUT2D eigenvalue weighted by atomic mass is 16.5. The molecule has 1 heterocycles. The highest BCUT2D eigenvalue weighted by Gasteiger charge is 2.21. The topological polar surface area (TPSA) is 92.8 Å². The van der Waals surface area contributed by atoms with Crippen molar-refractivity contribution in [2.75, 3.05) is 23.4 Å². The number of nitrogens with one attached hydrogen (secondary N) is 1. The van der Waals surface area contributed by atoms with Crippen molar-refractivity contribution in [3.8, 4) is 0 Å². The van der Waals surface area contributed by atoms with Crippen molar-refractivity contribution < 1.29 is 23.9 Å². The smallest absolute Gasteiger partial charge is 0.306 e. The van der Waals surface area contributed by atoms with E-state index in [2.05, 4.69) is 5.32 Å². The maximum Gasteiger partial charge on any atom is 0.306 e. The van der Waals surface area contributed by atoms with Crippen LogP contribution in [0.4, 0.5) is 11.4 Å². The first kappa shape index (κ1) is 21.2. The van der Waals surface area contributed by atoms with Gasteiger partial charge < -0.3 is 15.0 Å². The molecule has 2 amide bonds. The third-order valence-electron chi connectivity index (χ3n) is 4.81. The largest absolute Gasteiger partial charge is 0.456 e. The molecule has 0 saturated carbocycles. The second kappa shape index (κ2) is 9.82. The minimum atomic E-state index is -0.609. The van der Waals surface area contributed by atoms with Gasteiger partial charge in [-0.2, -0.15) is 0 Å². The van der Waals surface area contributed by atoms with E-state index >= 15 is 0 Å². The van der Waals surface area contributed by atoms with Crippen molar-refractivity contribution in [2.24, 2.45) is 0 Å². The Balaban J connectivity index is 1.43. The molecule has 2 aromatic carbocycles. The van der Waals surface area contributed by atoms with Crippen LogP contribution in [0.25, 0.3) is 0 Å². The molecule has 1 fully saturated rings. The zero-order valence-electron chi connectivity index (χ0n) is 16.8. The number of benzene rings is 2. The monoisotopic (exact) mass is 408 g/mol. The zero-order chi connectivity index (χ0) is 21.5. The molecule has 0 bridgehead atoms. The van der Waals surface area contributed by atoms with E-state index in [1.54, 1.807) is 35.2 Å². The Bertz CT molecular complexity index is 952. The molecule has 0 aromatic heterocycles. The van der Waals surface area contributed by atoms with E-state index in [1.165, 1.54) is 0 Å². The molecule has 0 unspecified atom stereocenters. The van der Waals surface area contributed by atoms with E-state index in [4.69, 9.17) is 4.74 Å². The number of hydrogen-bond acceptors (Lipinski definition) is 5. The van der Waals surface area contributed by atoms with E-state index in [0.29, 0.717) is 24.2 Å². The standard InChI is InChI=1S/C23H24N2O5/c1-16-7-9-17(10-8-16)20(26)11-12-23(29)30-15-21(27)24-18-4-2-5-19(14-18)25-13-3-6-22(25)28/h2,4-5,7-10,14H,3,6,11-13,15H2,1H3,(H,24,27). The lowest BCUT2D eigenvalue weighted by Gasteiger charge is -2.16. The van der Waals surface area contributed by atoms with E-state index in [0.717, 1.165) is 17.7 Å². The van der Waals surface area contributed by atoms with Gasteiger partial charge in [0.25, 0.3) is 5.91 Å². The summed E-state index contributed by atoms with van der Waals surface area (Å²) in [7, 11) is 0. The first-order chi connectivity index (χ1) is 14.4. The van der Waals surface area contributed by atoms with E-state index in [9.17, 15) is 19.2 Å². The fraction of sp³-hybridized carbons (Fsp3) is 0.304. The highest BCUT2D eigenvalue weighted by Crippen LogP contribution is 2.24. The van der Waals surface area contributed by atoms with Crippen LogP contribution in [0.5, 0.6) is 0 Å². The maximum absolute atomic E-state index is 12.1. The Hall–Kier alpha value is -3.48. The minimum Gasteiger partial charge on any atom is -0.456 e. The number of rotatable bonds is 8. The SMILES string of the molecule is Cc1ccc(C(=O)CCC(=O)OCC(=O)Nc2cccc(N3CCCC3=O)c2)cc1. The second-order valence-corrected chi connectivity index (χ2v) is 7.20. The fourth-order valence-corrected chi connectivity index (χ4v) is 3.19. The van der Waals surface area contributed by atoms with E-state index in [1.807, 2.05) is 25.1 Å². The highest BCUT2D eigenvalue weighted by molar-refractivity contribution is 5.98. The van der Waals surface area contributed by atoms with Gasteiger partial charge in [0.1, 0.15) is 0 Å². The van der Waals surface area contributed by atoms with Crippen molar-refractivity contribution in [3.63, 3.8) is 0 Å². The normalized spacial score (nSPS) is 13.2. The quantitative estimate of drug-likeness (QED) is 0.535. The van der Waals surface area contributed by atoms with Gasteiger partial charge >= 0.3 is 5.97 Å². The van der Waals surface area contributed by atoms with Crippen LogP contribution in [0.2, 0.25) is 0 Å². The number of nitrogens with zero attached hydrogens (tertiary/aromatic N) is 1. The number of amides is 2. The first-order valence-corrected chi connectivity index (χ1v) is 9.88. The molecule has 7 heteroatoms. The average molecular weight is 408 g/mol. The Morgan fingerprint density at radius 1 is 1.07 bits per heavy atom. The second-order valence-electron chi connectivity index (χ2n) is 7.20. The summed E-state index contributed by atoms with van der Waals surface area (Å²) in [5.41, 5.74) is 2.83. The molecule has 1 N–H and O–H groups in total. The molecule has 2 aromatic rings. The molecular formula is C23H24N2O5. The summed E-state index contributed by atoms with van der Waals surface area (Å²) >= 11 is 0. The van der Waals surface area contributed by atoms with Crippen molar-refractivity contribution in [3.05, 3.63) is 59.7 Å². The summed E-state index contributed by atoms with van der Waals surface area (Å²) in [6.07, 6.45) is 1.28. The van der Waals surface area contributed by atoms with Crippen LogP contribution >= 0.6 is 0 Å². The summed E-state index contributed by atoms with van der Waals surface area (Å²) in [6.45, 7) is 2.15. The predicted octanol–water partition coefficient (Wildman–Crippen LogP) is 3.27. The average Bonchev–Trinajstić information content (AvgIpc) is 3.17. The number of carbonyl (C=O) groups excluding carboxylic acids is 4. The summed E-state index contributed by atoms with van der Waals surface area (Å²) in [6, 6.07) is 14.1. The van der Waals surface area contributed by atoms with Gasteiger partial charge in [-0.15, -0.1) is 0 Å². The van der Waals surface area contributed by atoms with Crippen LogP contribution in [0.15, 0.2) is 48.5 Å². The zero-order valence-corrected chi connectivity index (χ0v) is 16.8. The molecule has 156 valence electrons. The molecule has 1 aliphatic heterocycles. The maximum atomic E-state index is 12.1. The lowest BCUT2D eigenvalue weighted by Crippen LogP contribution is -2.24. The lowest BCUT2D eigenvalue weighted by molar-refractivity contribution is -0.147. The van der Waals surface area contributed by atoms with Gasteiger partial charge in [-0.05, 0) is 31.5 Å². The lowest BCUT2D eigenvalue weighted by atomic mass is 10.1. The van der Waals surface area contributed by atoms with Gasteiger partial charge in [0.15, 0.2) is 12.4 Å². The molecule has 7 nitrogen and oxygen atoms in total. The number of Topliss-reactive ketones (excluding diaryl/α,β-unsaturated/α-hetero) is 1. The molecule has 1 aliphatic rings. The Labute approximate surface area is 175 Å². The molecule has 0 aliphatic carbocycles. The van der Waals surface area contributed by atoms with Gasteiger partial charge in [-0.25, -0.2) is 0 Å². The third kappa shape index (κ3) is 5.76. The van der Waals surface area contributed by atoms with E-state index in [-0.39, 0.29) is 24.5 Å². The number of aryl methyl sites for hydroxylation is 1. The molecule has 0 spiro atoms. The summed E-state index contributed by atoms with van der Waals surface area (Å²) < 4.78 is 4.96. The number of esters is 1. The van der Waals surface area contributed by atoms with Crippen molar-refractivity contribution in [1.29, 1.82) is 0 Å². The molecule has 1 saturated heterocycles. The van der Waals surface area contributed by atoms with Gasteiger partial charge in [0.05, 0.1) is 6.42 Å². The number of carbonyl (C=O) groups is 4.